The standard InChI is InChI=1S/C14H13F3N2O/c1-19-12(7-8-18-19)5-6-13(20)10-3-2-4-11(9-10)14(15,16)17/h2-4,7-9H,5-6H2,1H3. The quantitative estimate of drug-likeness (QED) is 0.807. The van der Waals surface area contributed by atoms with Crippen molar-refractivity contribution in [2.75, 3.05) is 0 Å². The lowest BCUT2D eigenvalue weighted by Crippen LogP contribution is -2.08. The molecular weight excluding hydrogens is 269 g/mol. The SMILES string of the molecule is Cn1nccc1CCC(=O)c1cccc(C(F)(F)F)c1. The van der Waals surface area contributed by atoms with E-state index in [1.165, 1.54) is 12.1 Å². The van der Waals surface area contributed by atoms with Crippen LogP contribution in [-0.4, -0.2) is 15.6 Å². The predicted molar refractivity (Wildman–Crippen MR) is 67.3 cm³/mol. The van der Waals surface area contributed by atoms with Gasteiger partial charge in [0.1, 0.15) is 0 Å². The first-order valence-electron chi connectivity index (χ1n) is 6.05. The number of benzene rings is 1. The van der Waals surface area contributed by atoms with Gasteiger partial charge in [0.05, 0.1) is 5.56 Å². The Kier molecular flexibility index (Phi) is 3.92. The van der Waals surface area contributed by atoms with Crippen LogP contribution >= 0.6 is 0 Å². The molecule has 0 saturated heterocycles. The molecule has 106 valence electrons. The van der Waals surface area contributed by atoms with Crippen molar-refractivity contribution >= 4 is 5.78 Å². The normalized spacial score (nSPS) is 11.6. The molecule has 6 heteroatoms. The van der Waals surface area contributed by atoms with Crippen LogP contribution in [0, 0.1) is 0 Å². The molecule has 2 aromatic rings. The Labute approximate surface area is 114 Å². The van der Waals surface area contributed by atoms with Crippen molar-refractivity contribution < 1.29 is 18.0 Å². The number of halogens is 3. The summed E-state index contributed by atoms with van der Waals surface area (Å²) < 4.78 is 39.3. The molecule has 1 heterocycles. The van der Waals surface area contributed by atoms with E-state index in [2.05, 4.69) is 5.10 Å². The Morgan fingerprint density at radius 2 is 2.05 bits per heavy atom. The summed E-state index contributed by atoms with van der Waals surface area (Å²) in [5.74, 6) is -0.308. The fourth-order valence-electron chi connectivity index (χ4n) is 1.90. The fourth-order valence-corrected chi connectivity index (χ4v) is 1.90. The maximum absolute atomic E-state index is 12.6. The summed E-state index contributed by atoms with van der Waals surface area (Å²) in [7, 11) is 1.75. The Morgan fingerprint density at radius 1 is 1.30 bits per heavy atom. The molecule has 0 saturated carbocycles. The molecule has 0 bridgehead atoms. The summed E-state index contributed by atoms with van der Waals surface area (Å²) in [6.45, 7) is 0. The van der Waals surface area contributed by atoms with E-state index in [0.717, 1.165) is 17.8 Å². The number of alkyl halides is 3. The number of ketones is 1. The van der Waals surface area contributed by atoms with Crippen molar-refractivity contribution in [3.05, 3.63) is 53.3 Å². The molecule has 0 spiro atoms. The summed E-state index contributed by atoms with van der Waals surface area (Å²) in [6, 6.07) is 6.28. The van der Waals surface area contributed by atoms with Crippen LogP contribution in [-0.2, 0) is 19.6 Å². The number of carbonyl (C=O) groups is 1. The van der Waals surface area contributed by atoms with Crippen molar-refractivity contribution in [1.29, 1.82) is 0 Å². The molecule has 0 radical (unpaired) electrons. The van der Waals surface area contributed by atoms with E-state index in [4.69, 9.17) is 0 Å². The number of hydrogen-bond donors (Lipinski definition) is 0. The van der Waals surface area contributed by atoms with Crippen LogP contribution in [0.4, 0.5) is 13.2 Å². The molecule has 0 aliphatic rings. The minimum atomic E-state index is -4.43. The molecule has 0 aliphatic heterocycles. The lowest BCUT2D eigenvalue weighted by atomic mass is 10.0. The number of aryl methyl sites for hydroxylation is 2. The zero-order valence-corrected chi connectivity index (χ0v) is 10.8. The number of aromatic nitrogens is 2. The van der Waals surface area contributed by atoms with Crippen LogP contribution in [0.1, 0.15) is 28.0 Å². The number of Topliss-reactive ketones (excluding diaryl/α,β-unsaturated/α-hetero) is 1. The van der Waals surface area contributed by atoms with Gasteiger partial charge in [-0.3, -0.25) is 9.48 Å². The lowest BCUT2D eigenvalue weighted by Gasteiger charge is -2.08. The second-order valence-electron chi connectivity index (χ2n) is 4.45. The summed E-state index contributed by atoms with van der Waals surface area (Å²) in [5, 5.41) is 3.97. The van der Waals surface area contributed by atoms with Gasteiger partial charge in [0.2, 0.25) is 0 Å². The molecule has 1 aromatic heterocycles. The highest BCUT2D eigenvalue weighted by Gasteiger charge is 2.30. The van der Waals surface area contributed by atoms with E-state index >= 15 is 0 Å². The van der Waals surface area contributed by atoms with Gasteiger partial charge in [-0.05, 0) is 24.6 Å². The van der Waals surface area contributed by atoms with Gasteiger partial charge in [0.15, 0.2) is 5.78 Å². The molecular formula is C14H13F3N2O. The van der Waals surface area contributed by atoms with Gasteiger partial charge in [0.25, 0.3) is 0 Å². The van der Waals surface area contributed by atoms with E-state index in [-0.39, 0.29) is 17.8 Å². The first kappa shape index (κ1) is 14.3. The van der Waals surface area contributed by atoms with Gasteiger partial charge in [-0.2, -0.15) is 18.3 Å². The monoisotopic (exact) mass is 282 g/mol. The number of hydrogen-bond acceptors (Lipinski definition) is 2. The lowest BCUT2D eigenvalue weighted by molar-refractivity contribution is -0.137. The summed E-state index contributed by atoms with van der Waals surface area (Å²) >= 11 is 0. The highest BCUT2D eigenvalue weighted by molar-refractivity contribution is 5.96. The molecule has 0 atom stereocenters. The molecule has 1 aromatic carbocycles. The summed E-state index contributed by atoms with van der Waals surface area (Å²) in [4.78, 5) is 11.9. The number of rotatable bonds is 4. The minimum Gasteiger partial charge on any atom is -0.294 e. The van der Waals surface area contributed by atoms with Crippen LogP contribution in [0.2, 0.25) is 0 Å². The molecule has 0 amide bonds. The average molecular weight is 282 g/mol. The van der Waals surface area contributed by atoms with E-state index in [1.807, 2.05) is 0 Å². The van der Waals surface area contributed by atoms with Gasteiger partial charge in [-0.1, -0.05) is 12.1 Å². The second-order valence-corrected chi connectivity index (χ2v) is 4.45. The molecule has 3 nitrogen and oxygen atoms in total. The molecule has 2 rings (SSSR count). The Morgan fingerprint density at radius 3 is 2.65 bits per heavy atom. The first-order chi connectivity index (χ1) is 9.38. The third kappa shape index (κ3) is 3.26. The van der Waals surface area contributed by atoms with E-state index in [1.54, 1.807) is 24.0 Å². The van der Waals surface area contributed by atoms with Crippen LogP contribution in [0.3, 0.4) is 0 Å². The van der Waals surface area contributed by atoms with Crippen LogP contribution in [0.15, 0.2) is 36.5 Å². The van der Waals surface area contributed by atoms with Crippen molar-refractivity contribution in [1.82, 2.24) is 9.78 Å². The first-order valence-corrected chi connectivity index (χ1v) is 6.05. The average Bonchev–Trinajstić information content (AvgIpc) is 2.81. The van der Waals surface area contributed by atoms with Crippen LogP contribution < -0.4 is 0 Å². The van der Waals surface area contributed by atoms with E-state index in [0.29, 0.717) is 6.42 Å². The number of nitrogens with zero attached hydrogens (tertiary/aromatic N) is 2. The Hall–Kier alpha value is -2.11. The Balaban J connectivity index is 2.08. The van der Waals surface area contributed by atoms with Gasteiger partial charge in [0, 0.05) is 30.9 Å². The molecule has 0 aliphatic carbocycles. The summed E-state index contributed by atoms with van der Waals surface area (Å²) in [6.07, 6.45) is -2.21. The highest BCUT2D eigenvalue weighted by Crippen LogP contribution is 2.29. The maximum Gasteiger partial charge on any atom is 0.416 e. The fraction of sp³-hybridized carbons (Fsp3) is 0.286. The van der Waals surface area contributed by atoms with E-state index in [9.17, 15) is 18.0 Å². The van der Waals surface area contributed by atoms with Crippen molar-refractivity contribution in [3.8, 4) is 0 Å². The van der Waals surface area contributed by atoms with Gasteiger partial charge in [-0.25, -0.2) is 0 Å². The molecule has 20 heavy (non-hydrogen) atoms. The van der Waals surface area contributed by atoms with Gasteiger partial charge < -0.3 is 0 Å². The van der Waals surface area contributed by atoms with Crippen molar-refractivity contribution in [2.24, 2.45) is 7.05 Å². The Bertz CT molecular complexity index is 617. The van der Waals surface area contributed by atoms with Crippen molar-refractivity contribution in [3.63, 3.8) is 0 Å². The highest BCUT2D eigenvalue weighted by atomic mass is 19.4. The summed E-state index contributed by atoms with van der Waals surface area (Å²) in [5.41, 5.74) is 0.149. The maximum atomic E-state index is 12.6. The second kappa shape index (κ2) is 5.48. The third-order valence-electron chi connectivity index (χ3n) is 3.04. The zero-order chi connectivity index (χ0) is 14.8. The topological polar surface area (TPSA) is 34.9 Å². The third-order valence-corrected chi connectivity index (χ3v) is 3.04. The van der Waals surface area contributed by atoms with Gasteiger partial charge in [-0.15, -0.1) is 0 Å². The minimum absolute atomic E-state index is 0.0852. The van der Waals surface area contributed by atoms with Gasteiger partial charge >= 0.3 is 6.18 Å². The zero-order valence-electron chi connectivity index (χ0n) is 10.8. The smallest absolute Gasteiger partial charge is 0.294 e. The predicted octanol–water partition coefficient (Wildman–Crippen LogP) is 3.25. The van der Waals surface area contributed by atoms with Crippen LogP contribution in [0.5, 0.6) is 0 Å². The number of carbonyl (C=O) groups excluding carboxylic acids is 1. The molecule has 0 unspecified atom stereocenters. The van der Waals surface area contributed by atoms with Crippen LogP contribution in [0.25, 0.3) is 0 Å². The van der Waals surface area contributed by atoms with E-state index < -0.39 is 11.7 Å². The molecule has 0 fully saturated rings. The largest absolute Gasteiger partial charge is 0.416 e. The van der Waals surface area contributed by atoms with Crippen molar-refractivity contribution in [2.45, 2.75) is 19.0 Å². The molecule has 0 N–H and O–H groups in total.